The topological polar surface area (TPSA) is 148 Å². The monoisotopic (exact) mass is 480 g/mol. The molecule has 0 saturated carbocycles. The predicted molar refractivity (Wildman–Crippen MR) is 125 cm³/mol. The molecule has 0 unspecified atom stereocenters. The van der Waals surface area contributed by atoms with Crippen LogP contribution in [0.2, 0.25) is 0 Å². The van der Waals surface area contributed by atoms with Crippen molar-refractivity contribution in [2.45, 2.75) is 38.0 Å². The molecule has 3 rings (SSSR count). The molecule has 2 aromatic carbocycles. The highest BCUT2D eigenvalue weighted by Crippen LogP contribution is 2.14. The summed E-state index contributed by atoms with van der Waals surface area (Å²) < 4.78 is 5.08. The summed E-state index contributed by atoms with van der Waals surface area (Å²) in [5, 5.41) is 4.92. The van der Waals surface area contributed by atoms with Crippen molar-refractivity contribution in [1.82, 2.24) is 15.5 Å². The molecule has 0 spiro atoms. The van der Waals surface area contributed by atoms with Crippen LogP contribution in [0.1, 0.15) is 24.0 Å². The van der Waals surface area contributed by atoms with E-state index in [4.69, 9.17) is 10.5 Å². The van der Waals surface area contributed by atoms with Gasteiger partial charge in [-0.15, -0.1) is 0 Å². The van der Waals surface area contributed by atoms with E-state index >= 15 is 0 Å². The molecule has 184 valence electrons. The first-order valence-corrected chi connectivity index (χ1v) is 11.2. The highest BCUT2D eigenvalue weighted by molar-refractivity contribution is 6.04. The lowest BCUT2D eigenvalue weighted by Gasteiger charge is -2.31. The van der Waals surface area contributed by atoms with E-state index in [-0.39, 0.29) is 19.4 Å². The number of nitrogens with one attached hydrogen (secondary N) is 2. The van der Waals surface area contributed by atoms with Gasteiger partial charge in [0.25, 0.3) is 5.91 Å². The van der Waals surface area contributed by atoms with E-state index in [1.54, 1.807) is 12.1 Å². The normalized spacial score (nSPS) is 16.4. The second-order valence-electron chi connectivity index (χ2n) is 8.14. The maximum atomic E-state index is 12.8. The number of esters is 1. The van der Waals surface area contributed by atoms with E-state index < -0.39 is 54.8 Å². The van der Waals surface area contributed by atoms with Crippen LogP contribution in [0.5, 0.6) is 0 Å². The van der Waals surface area contributed by atoms with Crippen LogP contribution in [-0.4, -0.2) is 59.7 Å². The van der Waals surface area contributed by atoms with Crippen LogP contribution in [0.15, 0.2) is 60.7 Å². The number of carbonyl (C=O) groups is 5. The average Bonchev–Trinajstić information content (AvgIpc) is 2.87. The molecular formula is C25H28N4O6. The molecule has 4 N–H and O–H groups in total. The zero-order valence-corrected chi connectivity index (χ0v) is 19.1. The Bertz CT molecular complexity index is 1060. The molecule has 35 heavy (non-hydrogen) atoms. The van der Waals surface area contributed by atoms with E-state index in [2.05, 4.69) is 10.6 Å². The standard InChI is InChI=1S/C25H28N4O6/c26-19(13-17-7-3-1-4-8-17)24(33)28-20-11-12-22(31)29(25(20)34)15-21(30)27-14-23(32)35-16-18-9-5-2-6-10-18/h1-10,19-20H,11-16,26H2,(H,27,30)(H,28,33)/t19-,20-/m0/s1. The maximum Gasteiger partial charge on any atom is 0.325 e. The molecule has 1 heterocycles. The molecule has 10 nitrogen and oxygen atoms in total. The molecule has 4 amide bonds. The number of rotatable bonds is 10. The molecule has 0 bridgehead atoms. The van der Waals surface area contributed by atoms with Gasteiger partial charge in [-0.25, -0.2) is 0 Å². The van der Waals surface area contributed by atoms with Crippen LogP contribution in [-0.2, 0) is 41.7 Å². The first kappa shape index (κ1) is 25.6. The van der Waals surface area contributed by atoms with Gasteiger partial charge < -0.3 is 21.1 Å². The number of piperidine rings is 1. The number of benzene rings is 2. The quantitative estimate of drug-likeness (QED) is 0.321. The largest absolute Gasteiger partial charge is 0.460 e. The van der Waals surface area contributed by atoms with Crippen LogP contribution in [0, 0.1) is 0 Å². The SMILES string of the molecule is N[C@@H](Cc1ccccc1)C(=O)N[C@H]1CCC(=O)N(CC(=O)NCC(=O)OCc2ccccc2)C1=O. The maximum absolute atomic E-state index is 12.8. The van der Waals surface area contributed by atoms with Crippen molar-refractivity contribution in [3.8, 4) is 0 Å². The highest BCUT2D eigenvalue weighted by atomic mass is 16.5. The number of amides is 4. The smallest absolute Gasteiger partial charge is 0.325 e. The van der Waals surface area contributed by atoms with Crippen molar-refractivity contribution < 1.29 is 28.7 Å². The van der Waals surface area contributed by atoms with Crippen molar-refractivity contribution in [2.24, 2.45) is 5.73 Å². The van der Waals surface area contributed by atoms with Gasteiger partial charge in [0.1, 0.15) is 25.7 Å². The molecule has 1 aliphatic rings. The lowest BCUT2D eigenvalue weighted by atomic mass is 10.0. The fraction of sp³-hybridized carbons (Fsp3) is 0.320. The van der Waals surface area contributed by atoms with Crippen molar-refractivity contribution in [1.29, 1.82) is 0 Å². The fourth-order valence-corrected chi connectivity index (χ4v) is 3.54. The van der Waals surface area contributed by atoms with Crippen molar-refractivity contribution >= 4 is 29.6 Å². The Morgan fingerprint density at radius 3 is 2.29 bits per heavy atom. The van der Waals surface area contributed by atoms with Crippen molar-refractivity contribution in [3.63, 3.8) is 0 Å². The number of ether oxygens (including phenoxy) is 1. The van der Waals surface area contributed by atoms with Crippen LogP contribution in [0.4, 0.5) is 0 Å². The van der Waals surface area contributed by atoms with Gasteiger partial charge >= 0.3 is 5.97 Å². The lowest BCUT2D eigenvalue weighted by molar-refractivity contribution is -0.153. The number of hydrogen-bond donors (Lipinski definition) is 3. The van der Waals surface area contributed by atoms with Crippen molar-refractivity contribution in [2.75, 3.05) is 13.1 Å². The van der Waals surface area contributed by atoms with Crippen LogP contribution < -0.4 is 16.4 Å². The molecule has 0 radical (unpaired) electrons. The Kier molecular flexibility index (Phi) is 9.08. The Morgan fingerprint density at radius 2 is 1.63 bits per heavy atom. The fourth-order valence-electron chi connectivity index (χ4n) is 3.54. The minimum atomic E-state index is -0.967. The van der Waals surface area contributed by atoms with Gasteiger partial charge in [-0.05, 0) is 24.0 Å². The Balaban J connectivity index is 1.45. The number of hydrogen-bond acceptors (Lipinski definition) is 7. The summed E-state index contributed by atoms with van der Waals surface area (Å²) in [6.45, 7) is -0.908. The van der Waals surface area contributed by atoms with Crippen molar-refractivity contribution in [3.05, 3.63) is 71.8 Å². The van der Waals surface area contributed by atoms with Gasteiger partial charge in [0, 0.05) is 6.42 Å². The second kappa shape index (κ2) is 12.4. The Labute approximate surface area is 202 Å². The van der Waals surface area contributed by atoms with Crippen LogP contribution >= 0.6 is 0 Å². The van der Waals surface area contributed by atoms with Gasteiger partial charge in [-0.2, -0.15) is 0 Å². The van der Waals surface area contributed by atoms with E-state index in [0.29, 0.717) is 6.42 Å². The Morgan fingerprint density at radius 1 is 1.00 bits per heavy atom. The summed E-state index contributed by atoms with van der Waals surface area (Å²) in [5.41, 5.74) is 7.65. The lowest BCUT2D eigenvalue weighted by Crippen LogP contribution is -2.58. The van der Waals surface area contributed by atoms with E-state index in [9.17, 15) is 24.0 Å². The van der Waals surface area contributed by atoms with Gasteiger partial charge in [0.2, 0.25) is 17.7 Å². The van der Waals surface area contributed by atoms with Gasteiger partial charge in [0.05, 0.1) is 6.04 Å². The van der Waals surface area contributed by atoms with Crippen LogP contribution in [0.3, 0.4) is 0 Å². The third kappa shape index (κ3) is 7.75. The summed E-state index contributed by atoms with van der Waals surface area (Å²) in [4.78, 5) is 62.4. The molecule has 0 aliphatic carbocycles. The number of carbonyl (C=O) groups excluding carboxylic acids is 5. The number of nitrogens with two attached hydrogens (primary N) is 1. The molecule has 10 heteroatoms. The van der Waals surface area contributed by atoms with E-state index in [0.717, 1.165) is 16.0 Å². The molecule has 1 aliphatic heterocycles. The highest BCUT2D eigenvalue weighted by Gasteiger charge is 2.36. The number of likely N-dealkylation sites (tertiary alicyclic amines) is 1. The minimum absolute atomic E-state index is 0.0169. The number of imide groups is 1. The van der Waals surface area contributed by atoms with E-state index in [1.807, 2.05) is 48.5 Å². The summed E-state index contributed by atoms with van der Waals surface area (Å²) in [7, 11) is 0. The first-order chi connectivity index (χ1) is 16.8. The molecular weight excluding hydrogens is 452 g/mol. The average molecular weight is 481 g/mol. The molecule has 0 aromatic heterocycles. The minimum Gasteiger partial charge on any atom is -0.460 e. The predicted octanol–water partition coefficient (Wildman–Crippen LogP) is 0.0498. The summed E-state index contributed by atoms with van der Waals surface area (Å²) >= 11 is 0. The van der Waals surface area contributed by atoms with E-state index in [1.165, 1.54) is 0 Å². The Hall–Kier alpha value is -4.05. The zero-order valence-electron chi connectivity index (χ0n) is 19.1. The van der Waals surface area contributed by atoms with Crippen LogP contribution in [0.25, 0.3) is 0 Å². The molecule has 1 saturated heterocycles. The second-order valence-corrected chi connectivity index (χ2v) is 8.14. The third-order valence-electron chi connectivity index (χ3n) is 5.44. The summed E-state index contributed by atoms with van der Waals surface area (Å²) in [6.07, 6.45) is 0.390. The zero-order chi connectivity index (χ0) is 25.2. The molecule has 2 atom stereocenters. The molecule has 1 fully saturated rings. The number of nitrogens with zero attached hydrogens (tertiary/aromatic N) is 1. The van der Waals surface area contributed by atoms with Gasteiger partial charge in [0.15, 0.2) is 0 Å². The van der Waals surface area contributed by atoms with Gasteiger partial charge in [-0.3, -0.25) is 28.9 Å². The summed E-state index contributed by atoms with van der Waals surface area (Å²) in [6, 6.07) is 16.4. The first-order valence-electron chi connectivity index (χ1n) is 11.2. The molecule has 2 aromatic rings. The third-order valence-corrected chi connectivity index (χ3v) is 5.44. The van der Waals surface area contributed by atoms with Gasteiger partial charge in [-0.1, -0.05) is 60.7 Å². The summed E-state index contributed by atoms with van der Waals surface area (Å²) in [5.74, 6) is -3.10.